The fourth-order valence-electron chi connectivity index (χ4n) is 4.76. The smallest absolute Gasteiger partial charge is 0.273 e. The first-order valence-corrected chi connectivity index (χ1v) is 13.0. The Kier molecular flexibility index (Phi) is 7.86. The lowest BCUT2D eigenvalue weighted by atomic mass is 9.98. The van der Waals surface area contributed by atoms with E-state index in [0.29, 0.717) is 18.1 Å². The number of nitrogens with zero attached hydrogens (tertiary/aromatic N) is 5. The van der Waals surface area contributed by atoms with Gasteiger partial charge in [-0.3, -0.25) is 14.5 Å². The second-order valence-electron chi connectivity index (χ2n) is 9.54. The van der Waals surface area contributed by atoms with Gasteiger partial charge in [-0.25, -0.2) is 9.58 Å². The maximum atomic E-state index is 12.7. The number of anilines is 2. The minimum absolute atomic E-state index is 0. The molecule has 1 amide bonds. The molecule has 0 spiro atoms. The lowest BCUT2D eigenvalue weighted by Gasteiger charge is -2.18. The van der Waals surface area contributed by atoms with E-state index in [1.165, 1.54) is 38.1 Å². The van der Waals surface area contributed by atoms with Crippen LogP contribution in [0.1, 0.15) is 26.9 Å². The molecule has 1 N–H and O–H groups in total. The summed E-state index contributed by atoms with van der Waals surface area (Å²) in [5.74, 6) is 1.07. The molecule has 5 rings (SSSR count). The van der Waals surface area contributed by atoms with Gasteiger partial charge in [0.2, 0.25) is 5.95 Å². The molecule has 200 valence electrons. The highest BCUT2D eigenvalue weighted by molar-refractivity contribution is 5.94. The van der Waals surface area contributed by atoms with E-state index >= 15 is 0 Å². The number of nitrogens with one attached hydrogen (secondary N) is 1. The van der Waals surface area contributed by atoms with E-state index in [1.54, 1.807) is 7.05 Å². The number of likely N-dealkylation sites (tertiary alicyclic amines) is 1. The molecule has 9 heteroatoms. The summed E-state index contributed by atoms with van der Waals surface area (Å²) in [6.45, 7) is 6.01. The molecule has 0 saturated carbocycles. The van der Waals surface area contributed by atoms with Gasteiger partial charge in [0.25, 0.3) is 5.91 Å². The van der Waals surface area contributed by atoms with Gasteiger partial charge in [-0.1, -0.05) is 37.3 Å². The van der Waals surface area contributed by atoms with E-state index in [2.05, 4.69) is 21.3 Å². The van der Waals surface area contributed by atoms with Gasteiger partial charge in [0.05, 0.1) is 12.8 Å². The Morgan fingerprint density at radius 2 is 1.97 bits per heavy atom. The molecule has 1 aromatic carbocycles. The first-order chi connectivity index (χ1) is 18.5. The highest BCUT2D eigenvalue weighted by Gasteiger charge is 2.21. The molecule has 3 heterocycles. The second-order valence-corrected chi connectivity index (χ2v) is 9.54. The number of rotatable bonds is 9. The predicted molar refractivity (Wildman–Crippen MR) is 150 cm³/mol. The number of carbonyl (C=O) groups excluding carboxylic acids is 1. The van der Waals surface area contributed by atoms with Crippen LogP contribution in [0.25, 0.3) is 11.2 Å². The predicted octanol–water partition coefficient (Wildman–Crippen LogP) is 4.73. The van der Waals surface area contributed by atoms with Crippen LogP contribution in [-0.2, 0) is 9.63 Å². The van der Waals surface area contributed by atoms with Gasteiger partial charge in [-0.2, -0.15) is 4.98 Å². The Morgan fingerprint density at radius 1 is 1.18 bits per heavy atom. The van der Waals surface area contributed by atoms with Crippen LogP contribution >= 0.6 is 0 Å². The van der Waals surface area contributed by atoms with Crippen molar-refractivity contribution in [2.24, 2.45) is 5.92 Å². The Balaban J connectivity index is 0.00000353. The van der Waals surface area contributed by atoms with E-state index < -0.39 is 0 Å². The number of pyridine rings is 1. The average molecular weight is 517 g/mol. The lowest BCUT2D eigenvalue weighted by molar-refractivity contribution is -0.164. The fourth-order valence-corrected chi connectivity index (χ4v) is 4.76. The minimum atomic E-state index is -0.171. The summed E-state index contributed by atoms with van der Waals surface area (Å²) in [5, 5.41) is 9.25. The van der Waals surface area contributed by atoms with Crippen molar-refractivity contribution in [2.75, 3.05) is 45.7 Å². The molecule has 1 saturated heterocycles. The summed E-state index contributed by atoms with van der Waals surface area (Å²) in [6.07, 6.45) is 10.3. The first kappa shape index (κ1) is 25.7. The Hall–Kier alpha value is -3.95. The molecule has 9 nitrogen and oxygen atoms in total. The van der Waals surface area contributed by atoms with E-state index in [0.717, 1.165) is 34.9 Å². The molecule has 0 bridgehead atoms. The number of allylic oxidation sites excluding steroid dienone is 5. The van der Waals surface area contributed by atoms with Crippen molar-refractivity contribution in [3.8, 4) is 5.75 Å². The zero-order valence-electron chi connectivity index (χ0n) is 22.1. The van der Waals surface area contributed by atoms with Crippen LogP contribution in [0.15, 0.2) is 72.3 Å². The second kappa shape index (κ2) is 11.6. The summed E-state index contributed by atoms with van der Waals surface area (Å²) in [7, 11) is 3.09. The summed E-state index contributed by atoms with van der Waals surface area (Å²) < 4.78 is 7.73. The number of carbonyl (C=O) groups is 1. The van der Waals surface area contributed by atoms with Crippen LogP contribution in [-0.4, -0.2) is 70.9 Å². The number of likely N-dealkylation sites (N-methyl/N-ethyl adjacent to an activating group) is 1. The third-order valence-corrected chi connectivity index (χ3v) is 6.92. The van der Waals surface area contributed by atoms with Crippen molar-refractivity contribution in [2.45, 2.75) is 19.8 Å². The van der Waals surface area contributed by atoms with Crippen molar-refractivity contribution >= 4 is 28.8 Å². The maximum Gasteiger partial charge on any atom is 0.273 e. The van der Waals surface area contributed by atoms with Crippen LogP contribution in [0, 0.1) is 5.92 Å². The van der Waals surface area contributed by atoms with E-state index in [9.17, 15) is 4.79 Å². The molecule has 38 heavy (non-hydrogen) atoms. The number of aromatic nitrogens is 3. The van der Waals surface area contributed by atoms with Gasteiger partial charge in [0.15, 0.2) is 5.65 Å². The van der Waals surface area contributed by atoms with E-state index in [-0.39, 0.29) is 13.3 Å². The third-order valence-electron chi connectivity index (χ3n) is 6.92. The van der Waals surface area contributed by atoms with Crippen LogP contribution in [0.3, 0.4) is 0 Å². The quantitative estimate of drug-likeness (QED) is 0.412. The third kappa shape index (κ3) is 5.79. The zero-order chi connectivity index (χ0) is 26.5. The van der Waals surface area contributed by atoms with Gasteiger partial charge >= 0.3 is 0 Å². The van der Waals surface area contributed by atoms with Gasteiger partial charge in [-0.05, 0) is 67.9 Å². The van der Waals surface area contributed by atoms with E-state index in [1.807, 2.05) is 72.1 Å². The zero-order valence-corrected chi connectivity index (χ0v) is 22.1. The molecule has 1 unspecified atom stereocenters. The van der Waals surface area contributed by atoms with Crippen LogP contribution < -0.4 is 10.1 Å². The van der Waals surface area contributed by atoms with Crippen LogP contribution in [0.2, 0.25) is 0 Å². The molecule has 1 atom stereocenters. The molecular weight excluding hydrogens is 480 g/mol. The minimum Gasteiger partial charge on any atom is -0.492 e. The molecule has 3 aromatic rings. The van der Waals surface area contributed by atoms with Crippen LogP contribution in [0.5, 0.6) is 5.75 Å². The standard InChI is InChI=1S/C29H34N6O3.H2/c1-21-20-22(8-6-9-25(21)28(36)33(2)37-3)26-10-7-11-27-31-29(32-35(26)27)30-23-12-14-24(15-13-23)38-19-18-34-16-4-5-17-34;/h6-15,20-21H,4-5,16-19H2,1-3H3,(H,30,32);1H. The van der Waals surface area contributed by atoms with Crippen molar-refractivity contribution in [3.63, 3.8) is 0 Å². The molecule has 1 aliphatic carbocycles. The van der Waals surface area contributed by atoms with Crippen molar-refractivity contribution in [3.05, 3.63) is 78.0 Å². The average Bonchev–Trinajstić information content (AvgIpc) is 3.55. The van der Waals surface area contributed by atoms with Crippen molar-refractivity contribution in [1.29, 1.82) is 0 Å². The van der Waals surface area contributed by atoms with Crippen LogP contribution in [0.4, 0.5) is 11.6 Å². The van der Waals surface area contributed by atoms with E-state index in [4.69, 9.17) is 14.7 Å². The molecule has 0 radical (unpaired) electrons. The number of hydrogen-bond donors (Lipinski definition) is 1. The SMILES string of the molecule is CON(C)C(=O)C1=CC=CC(c2cccc3nc(Nc4ccc(OCCN5CCCC5)cc4)nn23)=CC1C.[HH]. The van der Waals surface area contributed by atoms with Crippen molar-refractivity contribution in [1.82, 2.24) is 24.6 Å². The Morgan fingerprint density at radius 3 is 2.74 bits per heavy atom. The highest BCUT2D eigenvalue weighted by atomic mass is 16.7. The maximum absolute atomic E-state index is 12.7. The summed E-state index contributed by atoms with van der Waals surface area (Å²) in [4.78, 5) is 24.9. The number of hydroxylamine groups is 2. The summed E-state index contributed by atoms with van der Waals surface area (Å²) in [6, 6.07) is 13.7. The number of fused-ring (bicyclic) bond motifs is 1. The van der Waals surface area contributed by atoms with Gasteiger partial charge < -0.3 is 10.1 Å². The topological polar surface area (TPSA) is 84.2 Å². The van der Waals surface area contributed by atoms with Gasteiger partial charge in [-0.15, -0.1) is 5.10 Å². The largest absolute Gasteiger partial charge is 0.492 e. The first-order valence-electron chi connectivity index (χ1n) is 13.0. The normalized spacial score (nSPS) is 17.7. The molecule has 1 aliphatic heterocycles. The number of benzene rings is 1. The number of hydrogen-bond acceptors (Lipinski definition) is 7. The molecule has 1 fully saturated rings. The lowest BCUT2D eigenvalue weighted by Crippen LogP contribution is -2.28. The fraction of sp³-hybridized carbons (Fsp3) is 0.345. The summed E-state index contributed by atoms with van der Waals surface area (Å²) >= 11 is 0. The van der Waals surface area contributed by atoms with Gasteiger partial charge in [0, 0.05) is 32.2 Å². The molecule has 2 aromatic heterocycles. The highest BCUT2D eigenvalue weighted by Crippen LogP contribution is 2.27. The molecular formula is C29H36N6O3. The Bertz CT molecular complexity index is 1380. The summed E-state index contributed by atoms with van der Waals surface area (Å²) in [5.41, 5.74) is 4.09. The Labute approximate surface area is 224 Å². The van der Waals surface area contributed by atoms with Crippen molar-refractivity contribution < 1.29 is 15.8 Å². The number of ether oxygens (including phenoxy) is 1. The molecule has 2 aliphatic rings. The number of amides is 1. The van der Waals surface area contributed by atoms with Gasteiger partial charge in [0.1, 0.15) is 12.4 Å². The monoisotopic (exact) mass is 516 g/mol.